The highest BCUT2D eigenvalue weighted by Crippen LogP contribution is 2.35. The number of pyridine rings is 1. The molecule has 4 heterocycles. The number of anilines is 4. The van der Waals surface area contributed by atoms with Crippen LogP contribution in [0.3, 0.4) is 0 Å². The van der Waals surface area contributed by atoms with Gasteiger partial charge in [0.05, 0.1) is 30.1 Å². The van der Waals surface area contributed by atoms with Gasteiger partial charge in [0.2, 0.25) is 5.91 Å². The number of amides is 1. The highest BCUT2D eigenvalue weighted by atomic mass is 19.1. The summed E-state index contributed by atoms with van der Waals surface area (Å²) in [5.41, 5.74) is 1.66. The van der Waals surface area contributed by atoms with Gasteiger partial charge in [0.25, 0.3) is 0 Å². The number of aromatic nitrogens is 3. The Morgan fingerprint density at radius 1 is 0.957 bits per heavy atom. The van der Waals surface area contributed by atoms with Gasteiger partial charge < -0.3 is 34.6 Å². The van der Waals surface area contributed by atoms with E-state index < -0.39 is 5.82 Å². The van der Waals surface area contributed by atoms with E-state index in [1.807, 2.05) is 18.2 Å². The molecule has 0 saturated carbocycles. The lowest BCUT2D eigenvalue weighted by molar-refractivity contribution is -0.126. The second kappa shape index (κ2) is 14.0. The van der Waals surface area contributed by atoms with E-state index >= 15 is 4.39 Å². The molecule has 46 heavy (non-hydrogen) atoms. The van der Waals surface area contributed by atoms with Crippen LogP contribution in [-0.4, -0.2) is 78.3 Å². The van der Waals surface area contributed by atoms with Crippen LogP contribution in [0.15, 0.2) is 67.6 Å². The van der Waals surface area contributed by atoms with Crippen molar-refractivity contribution in [3.63, 3.8) is 0 Å². The average molecular weight is 628 g/mol. The van der Waals surface area contributed by atoms with Gasteiger partial charge in [-0.15, -0.1) is 0 Å². The molecule has 2 aromatic heterocycles. The number of piperidine rings is 2. The number of carbonyl (C=O) groups excluding carboxylic acids is 1. The Hall–Kier alpha value is -4.97. The second-order valence-electron chi connectivity index (χ2n) is 11.4. The van der Waals surface area contributed by atoms with Crippen molar-refractivity contribution < 1.29 is 23.4 Å². The molecule has 0 radical (unpaired) electrons. The molecule has 0 aliphatic carbocycles. The van der Waals surface area contributed by atoms with Crippen LogP contribution in [0.25, 0.3) is 10.9 Å². The molecule has 0 atom stereocenters. The van der Waals surface area contributed by atoms with E-state index in [4.69, 9.17) is 14.2 Å². The first-order valence-electron chi connectivity index (χ1n) is 15.4. The van der Waals surface area contributed by atoms with Gasteiger partial charge in [0, 0.05) is 69.1 Å². The molecule has 2 aliphatic heterocycles. The Labute approximate surface area is 267 Å². The number of nitrogens with one attached hydrogen (secondary N) is 2. The van der Waals surface area contributed by atoms with Crippen molar-refractivity contribution >= 4 is 39.8 Å². The third kappa shape index (κ3) is 6.96. The van der Waals surface area contributed by atoms with E-state index in [-0.39, 0.29) is 23.7 Å². The molecule has 2 aromatic carbocycles. The van der Waals surface area contributed by atoms with Crippen LogP contribution < -0.4 is 25.0 Å². The highest BCUT2D eigenvalue weighted by Gasteiger charge is 2.23. The predicted molar refractivity (Wildman–Crippen MR) is 176 cm³/mol. The summed E-state index contributed by atoms with van der Waals surface area (Å²) in [7, 11) is 3.35. The quantitative estimate of drug-likeness (QED) is 0.206. The number of carbonyl (C=O) groups is 1. The Morgan fingerprint density at radius 3 is 2.46 bits per heavy atom. The molecule has 11 nitrogen and oxygen atoms in total. The highest BCUT2D eigenvalue weighted by molar-refractivity contribution is 5.95. The first-order valence-corrected chi connectivity index (χ1v) is 15.4. The van der Waals surface area contributed by atoms with E-state index in [0.717, 1.165) is 50.3 Å². The molecule has 12 heteroatoms. The zero-order valence-corrected chi connectivity index (χ0v) is 26.0. The van der Waals surface area contributed by atoms with Gasteiger partial charge in [-0.05, 0) is 56.0 Å². The minimum Gasteiger partial charge on any atom is -0.495 e. The summed E-state index contributed by atoms with van der Waals surface area (Å²) in [4.78, 5) is 29.3. The minimum absolute atomic E-state index is 0.0536. The van der Waals surface area contributed by atoms with Crippen LogP contribution in [0.5, 0.6) is 17.2 Å². The summed E-state index contributed by atoms with van der Waals surface area (Å²) >= 11 is 0. The molecule has 2 aliphatic rings. The number of hydrogen-bond acceptors (Lipinski definition) is 10. The van der Waals surface area contributed by atoms with Crippen molar-refractivity contribution in [3.8, 4) is 17.2 Å². The molecule has 4 aromatic rings. The standard InChI is InChI=1S/C34H38FN7O4/c1-4-33(43)42-13-8-22(9-14-42)39-30-19-26-29(20-31(30)45-3)37-21-38-34(26)40-28-6-5-24(17-27(28)35)46-25-7-12-36-32(18-25)41-15-10-23(44-2)11-16-41/h4-7,12,17-23,39H,1,8-11,13-16H2,2-3H3,(H,37,38,40). The number of hydrogen-bond donors (Lipinski definition) is 2. The van der Waals surface area contributed by atoms with Crippen LogP contribution in [0.1, 0.15) is 25.7 Å². The number of likely N-dealkylation sites (tertiary alicyclic amines) is 1. The van der Waals surface area contributed by atoms with E-state index in [9.17, 15) is 4.79 Å². The maximum atomic E-state index is 15.4. The average Bonchev–Trinajstić information content (AvgIpc) is 3.09. The van der Waals surface area contributed by atoms with Gasteiger partial charge in [-0.25, -0.2) is 19.3 Å². The van der Waals surface area contributed by atoms with Gasteiger partial charge in [-0.3, -0.25) is 4.79 Å². The summed E-state index contributed by atoms with van der Waals surface area (Å²) in [6.45, 7) is 6.57. The van der Waals surface area contributed by atoms with Gasteiger partial charge in [0.1, 0.15) is 41.0 Å². The molecule has 0 spiro atoms. The number of ether oxygens (including phenoxy) is 3. The fraction of sp³-hybridized carbons (Fsp3) is 0.353. The first kappa shape index (κ1) is 31.0. The maximum Gasteiger partial charge on any atom is 0.245 e. The smallest absolute Gasteiger partial charge is 0.245 e. The zero-order valence-electron chi connectivity index (χ0n) is 26.0. The zero-order chi connectivity index (χ0) is 32.0. The Bertz CT molecular complexity index is 1700. The third-order valence-corrected chi connectivity index (χ3v) is 8.54. The molecule has 2 N–H and O–H groups in total. The molecule has 2 fully saturated rings. The van der Waals surface area contributed by atoms with E-state index in [2.05, 4.69) is 37.1 Å². The van der Waals surface area contributed by atoms with Crippen LogP contribution in [0, 0.1) is 5.82 Å². The first-order chi connectivity index (χ1) is 22.4. The summed E-state index contributed by atoms with van der Waals surface area (Å²) in [6, 6.07) is 12.2. The number of halogens is 1. The summed E-state index contributed by atoms with van der Waals surface area (Å²) < 4.78 is 32.6. The molecular formula is C34H38FN7O4. The molecule has 240 valence electrons. The number of fused-ring (bicyclic) bond motifs is 1. The van der Waals surface area contributed by atoms with Crippen molar-refractivity contribution in [1.82, 2.24) is 19.9 Å². The fourth-order valence-electron chi connectivity index (χ4n) is 5.94. The normalized spacial score (nSPS) is 15.9. The lowest BCUT2D eigenvalue weighted by atomic mass is 10.0. The van der Waals surface area contributed by atoms with Crippen molar-refractivity contribution in [3.05, 3.63) is 73.5 Å². The summed E-state index contributed by atoms with van der Waals surface area (Å²) in [5.74, 6) is 2.30. The van der Waals surface area contributed by atoms with Crippen LogP contribution >= 0.6 is 0 Å². The van der Waals surface area contributed by atoms with Gasteiger partial charge in [-0.1, -0.05) is 6.58 Å². The second-order valence-corrected chi connectivity index (χ2v) is 11.4. The lowest BCUT2D eigenvalue weighted by Crippen LogP contribution is -2.41. The Morgan fingerprint density at radius 2 is 1.74 bits per heavy atom. The molecule has 0 bridgehead atoms. The van der Waals surface area contributed by atoms with E-state index in [0.29, 0.717) is 47.1 Å². The monoisotopic (exact) mass is 627 g/mol. The Balaban J connectivity index is 1.16. The van der Waals surface area contributed by atoms with E-state index in [1.165, 1.54) is 18.5 Å². The van der Waals surface area contributed by atoms with Crippen LogP contribution in [-0.2, 0) is 9.53 Å². The van der Waals surface area contributed by atoms with Crippen molar-refractivity contribution in [2.45, 2.75) is 37.8 Å². The molecule has 2 saturated heterocycles. The summed E-state index contributed by atoms with van der Waals surface area (Å²) in [6.07, 6.45) is 8.20. The minimum atomic E-state index is -0.493. The Kier molecular flexibility index (Phi) is 9.43. The van der Waals surface area contributed by atoms with Gasteiger partial charge in [0.15, 0.2) is 0 Å². The SMILES string of the molecule is C=CC(=O)N1CCC(Nc2cc3c(Nc4ccc(Oc5ccnc(N6CCC(OC)CC6)c5)cc4F)ncnc3cc2OC)CC1. The molecule has 1 amide bonds. The topological polar surface area (TPSA) is 114 Å². The molecular weight excluding hydrogens is 589 g/mol. The number of methoxy groups -OCH3 is 2. The van der Waals surface area contributed by atoms with Crippen LogP contribution in [0.4, 0.5) is 27.4 Å². The van der Waals surface area contributed by atoms with Gasteiger partial charge in [-0.2, -0.15) is 0 Å². The van der Waals surface area contributed by atoms with Crippen molar-refractivity contribution in [2.75, 3.05) is 55.9 Å². The molecule has 6 rings (SSSR count). The third-order valence-electron chi connectivity index (χ3n) is 8.54. The number of benzene rings is 2. The van der Waals surface area contributed by atoms with Crippen molar-refractivity contribution in [1.29, 1.82) is 0 Å². The number of rotatable bonds is 10. The van der Waals surface area contributed by atoms with E-state index in [1.54, 1.807) is 43.5 Å². The number of nitrogens with zero attached hydrogens (tertiary/aromatic N) is 5. The molecule has 0 unspecified atom stereocenters. The van der Waals surface area contributed by atoms with Gasteiger partial charge >= 0.3 is 0 Å². The predicted octanol–water partition coefficient (Wildman–Crippen LogP) is 5.91. The largest absolute Gasteiger partial charge is 0.495 e. The fourth-order valence-corrected chi connectivity index (χ4v) is 5.94. The lowest BCUT2D eigenvalue weighted by Gasteiger charge is -2.32. The summed E-state index contributed by atoms with van der Waals surface area (Å²) in [5, 5.41) is 7.38. The maximum absolute atomic E-state index is 15.4. The van der Waals surface area contributed by atoms with Crippen LogP contribution in [0.2, 0.25) is 0 Å². The van der Waals surface area contributed by atoms with Crippen molar-refractivity contribution in [2.24, 2.45) is 0 Å².